The van der Waals surface area contributed by atoms with Crippen molar-refractivity contribution in [3.05, 3.63) is 59.0 Å². The molecule has 6 rings (SSSR count). The Morgan fingerprint density at radius 3 is 2.81 bits per heavy atom. The average Bonchev–Trinajstić information content (AvgIpc) is 3.32. The van der Waals surface area contributed by atoms with Crippen molar-refractivity contribution in [2.24, 2.45) is 7.05 Å². The minimum absolute atomic E-state index is 0.209. The van der Waals surface area contributed by atoms with Crippen LogP contribution in [0.1, 0.15) is 65.3 Å². The molecule has 2 fully saturated rings. The van der Waals surface area contributed by atoms with E-state index in [1.807, 2.05) is 13.2 Å². The molecule has 1 atom stereocenters. The number of rotatable bonds is 7. The lowest BCUT2D eigenvalue weighted by atomic mass is 9.96. The summed E-state index contributed by atoms with van der Waals surface area (Å²) in [7, 11) is 3.34. The normalized spacial score (nSPS) is 18.9. The van der Waals surface area contributed by atoms with Crippen LogP contribution < -0.4 is 10.1 Å². The van der Waals surface area contributed by atoms with Crippen molar-refractivity contribution >= 4 is 16.8 Å². The minimum Gasteiger partial charge on any atom is -0.496 e. The summed E-state index contributed by atoms with van der Waals surface area (Å²) in [5.74, 6) is -0.906. The third-order valence-corrected chi connectivity index (χ3v) is 7.39. The molecule has 2 heterocycles. The summed E-state index contributed by atoms with van der Waals surface area (Å²) < 4.78 is 34.3. The number of ether oxygens (including phenoxy) is 1. The van der Waals surface area contributed by atoms with E-state index in [0.717, 1.165) is 11.3 Å². The molecular formula is C27H28F2N6O2. The lowest BCUT2D eigenvalue weighted by molar-refractivity contribution is 0.00710. The number of H-pyrrole nitrogens is 1. The number of hydrogen-bond donors (Lipinski definition) is 2. The fourth-order valence-electron chi connectivity index (χ4n) is 5.31. The molecule has 2 saturated carbocycles. The summed E-state index contributed by atoms with van der Waals surface area (Å²) in [6, 6.07) is 8.75. The number of benzene rings is 2. The first-order chi connectivity index (χ1) is 17.8. The molecule has 2 N–H and O–H groups in total. The maximum Gasteiger partial charge on any atom is 0.255 e. The Hall–Kier alpha value is -3.82. The van der Waals surface area contributed by atoms with Gasteiger partial charge in [-0.1, -0.05) is 12.1 Å². The molecule has 0 radical (unpaired) electrons. The first-order valence-electron chi connectivity index (χ1n) is 12.5. The van der Waals surface area contributed by atoms with Gasteiger partial charge in [-0.05, 0) is 54.5 Å². The number of nitrogens with one attached hydrogen (secondary N) is 2. The summed E-state index contributed by atoms with van der Waals surface area (Å²) >= 11 is 0. The standard InChI is InChI=1S/C27H28F2N6O2/c1-35-23(12-16-6-8-21-20(14-30-33-21)24(16)15-3-4-15)32-25(34-35)17-5-7-19(22(11-17)37-2)26(36)31-18-9-10-27(28,29)13-18/h5-8,11,14-15,18H,3-4,9-10,12-13H2,1-2H3,(H,30,33)(H,31,36). The van der Waals surface area contributed by atoms with E-state index in [0.29, 0.717) is 35.0 Å². The summed E-state index contributed by atoms with van der Waals surface area (Å²) in [5, 5.41) is 15.8. The van der Waals surface area contributed by atoms with E-state index in [2.05, 4.69) is 32.7 Å². The summed E-state index contributed by atoms with van der Waals surface area (Å²) in [5.41, 5.74) is 4.60. The zero-order valence-electron chi connectivity index (χ0n) is 20.7. The van der Waals surface area contributed by atoms with Gasteiger partial charge in [0.1, 0.15) is 11.6 Å². The van der Waals surface area contributed by atoms with E-state index in [-0.39, 0.29) is 19.3 Å². The monoisotopic (exact) mass is 506 g/mol. The third-order valence-electron chi connectivity index (χ3n) is 7.39. The second kappa shape index (κ2) is 8.93. The smallest absolute Gasteiger partial charge is 0.255 e. The Labute approximate surface area is 212 Å². The molecule has 4 aromatic rings. The van der Waals surface area contributed by atoms with E-state index < -0.39 is 17.9 Å². The maximum atomic E-state index is 13.5. The van der Waals surface area contributed by atoms with Gasteiger partial charge in [-0.25, -0.2) is 13.8 Å². The molecule has 2 aliphatic carbocycles. The summed E-state index contributed by atoms with van der Waals surface area (Å²) in [6.45, 7) is 0. The Morgan fingerprint density at radius 2 is 2.08 bits per heavy atom. The number of amides is 1. The number of fused-ring (bicyclic) bond motifs is 1. The predicted octanol–water partition coefficient (Wildman–Crippen LogP) is 4.75. The van der Waals surface area contributed by atoms with Gasteiger partial charge in [-0.2, -0.15) is 10.2 Å². The van der Waals surface area contributed by atoms with Crippen molar-refractivity contribution in [3.8, 4) is 17.1 Å². The number of carbonyl (C=O) groups is 1. The summed E-state index contributed by atoms with van der Waals surface area (Å²) in [6.07, 6.45) is 4.62. The van der Waals surface area contributed by atoms with E-state index >= 15 is 0 Å². The van der Waals surface area contributed by atoms with Crippen LogP contribution in [-0.2, 0) is 13.5 Å². The van der Waals surface area contributed by atoms with Crippen LogP contribution in [-0.4, -0.2) is 49.9 Å². The van der Waals surface area contributed by atoms with E-state index in [9.17, 15) is 13.6 Å². The lowest BCUT2D eigenvalue weighted by Gasteiger charge is -2.15. The van der Waals surface area contributed by atoms with Gasteiger partial charge < -0.3 is 10.1 Å². The van der Waals surface area contributed by atoms with Crippen molar-refractivity contribution in [2.75, 3.05) is 7.11 Å². The number of methoxy groups -OCH3 is 1. The second-order valence-corrected chi connectivity index (χ2v) is 10.1. The SMILES string of the molecule is COc1cc(-c2nc(Cc3ccc4[nH]ncc4c3C3CC3)n(C)n2)ccc1C(=O)NC1CCC(F)(F)C1. The molecular weight excluding hydrogens is 478 g/mol. The molecule has 192 valence electrons. The second-order valence-electron chi connectivity index (χ2n) is 10.1. The zero-order chi connectivity index (χ0) is 25.7. The molecule has 37 heavy (non-hydrogen) atoms. The molecule has 0 spiro atoms. The Bertz CT molecular complexity index is 1490. The number of aromatic nitrogens is 5. The van der Waals surface area contributed by atoms with Crippen molar-refractivity contribution in [3.63, 3.8) is 0 Å². The molecule has 0 aliphatic heterocycles. The fraction of sp³-hybridized carbons (Fsp3) is 0.407. The number of hydrogen-bond acceptors (Lipinski definition) is 5. The quantitative estimate of drug-likeness (QED) is 0.377. The number of alkyl halides is 2. The first-order valence-corrected chi connectivity index (χ1v) is 12.5. The molecule has 0 bridgehead atoms. The van der Waals surface area contributed by atoms with Crippen molar-refractivity contribution in [1.82, 2.24) is 30.3 Å². The number of aromatic amines is 1. The van der Waals surface area contributed by atoms with Crippen molar-refractivity contribution in [2.45, 2.75) is 56.4 Å². The topological polar surface area (TPSA) is 97.7 Å². The van der Waals surface area contributed by atoms with Crippen LogP contribution in [0, 0.1) is 0 Å². The number of aryl methyl sites for hydroxylation is 1. The minimum atomic E-state index is -2.72. The van der Waals surface area contributed by atoms with Crippen LogP contribution in [0.25, 0.3) is 22.3 Å². The Balaban J connectivity index is 1.24. The number of carbonyl (C=O) groups excluding carboxylic acids is 1. The van der Waals surface area contributed by atoms with Gasteiger partial charge in [0.05, 0.1) is 24.4 Å². The van der Waals surface area contributed by atoms with E-state index in [1.54, 1.807) is 22.9 Å². The van der Waals surface area contributed by atoms with Crippen LogP contribution in [0.4, 0.5) is 8.78 Å². The van der Waals surface area contributed by atoms with Gasteiger partial charge in [-0.3, -0.25) is 14.6 Å². The van der Waals surface area contributed by atoms with Crippen LogP contribution in [0.15, 0.2) is 36.5 Å². The van der Waals surface area contributed by atoms with Crippen molar-refractivity contribution < 1.29 is 18.3 Å². The number of nitrogens with zero attached hydrogens (tertiary/aromatic N) is 4. The fourth-order valence-corrected chi connectivity index (χ4v) is 5.31. The molecule has 10 heteroatoms. The molecule has 8 nitrogen and oxygen atoms in total. The Morgan fingerprint density at radius 1 is 1.24 bits per heavy atom. The maximum absolute atomic E-state index is 13.5. The van der Waals surface area contributed by atoms with Gasteiger partial charge in [0.2, 0.25) is 5.92 Å². The molecule has 2 aromatic heterocycles. The van der Waals surface area contributed by atoms with Gasteiger partial charge >= 0.3 is 0 Å². The van der Waals surface area contributed by atoms with Crippen LogP contribution >= 0.6 is 0 Å². The van der Waals surface area contributed by atoms with E-state index in [4.69, 9.17) is 9.72 Å². The number of halogens is 2. The highest BCUT2D eigenvalue weighted by atomic mass is 19.3. The highest BCUT2D eigenvalue weighted by Crippen LogP contribution is 2.45. The largest absolute Gasteiger partial charge is 0.496 e. The highest BCUT2D eigenvalue weighted by Gasteiger charge is 2.40. The highest BCUT2D eigenvalue weighted by molar-refractivity contribution is 5.97. The van der Waals surface area contributed by atoms with Crippen LogP contribution in [0.3, 0.4) is 0 Å². The third kappa shape index (κ3) is 4.56. The van der Waals surface area contributed by atoms with Gasteiger partial charge in [-0.15, -0.1) is 0 Å². The molecule has 2 aromatic carbocycles. The molecule has 2 aliphatic rings. The van der Waals surface area contributed by atoms with Gasteiger partial charge in [0.15, 0.2) is 5.82 Å². The van der Waals surface area contributed by atoms with Crippen molar-refractivity contribution in [1.29, 1.82) is 0 Å². The molecule has 1 amide bonds. The first kappa shape index (κ1) is 23.6. The zero-order valence-corrected chi connectivity index (χ0v) is 20.7. The lowest BCUT2D eigenvalue weighted by Crippen LogP contribution is -2.34. The van der Waals surface area contributed by atoms with Gasteiger partial charge in [0.25, 0.3) is 5.91 Å². The molecule has 1 unspecified atom stereocenters. The predicted molar refractivity (Wildman–Crippen MR) is 134 cm³/mol. The van der Waals surface area contributed by atoms with E-state index in [1.165, 1.54) is 36.5 Å². The average molecular weight is 507 g/mol. The van der Waals surface area contributed by atoms with Crippen LogP contribution in [0.2, 0.25) is 0 Å². The molecule has 0 saturated heterocycles. The van der Waals surface area contributed by atoms with Crippen LogP contribution in [0.5, 0.6) is 5.75 Å². The summed E-state index contributed by atoms with van der Waals surface area (Å²) in [4.78, 5) is 17.6. The Kier molecular flexibility index (Phi) is 5.69. The van der Waals surface area contributed by atoms with Gasteiger partial charge in [0, 0.05) is 43.3 Å².